The van der Waals surface area contributed by atoms with Crippen molar-refractivity contribution in [2.24, 2.45) is 0 Å². The van der Waals surface area contributed by atoms with Gasteiger partial charge in [0.15, 0.2) is 0 Å². The van der Waals surface area contributed by atoms with Crippen molar-refractivity contribution in [2.75, 3.05) is 17.7 Å². The summed E-state index contributed by atoms with van der Waals surface area (Å²) in [5.41, 5.74) is 5.10. The Balaban J connectivity index is 1.94. The van der Waals surface area contributed by atoms with Crippen molar-refractivity contribution >= 4 is 39.9 Å². The molecule has 1 aromatic heterocycles. The maximum Gasteiger partial charge on any atom is 0.323 e. The minimum absolute atomic E-state index is 0.378. The number of rotatable bonds is 3. The highest BCUT2D eigenvalue weighted by Crippen LogP contribution is 2.29. The minimum Gasteiger partial charge on any atom is -0.495 e. The summed E-state index contributed by atoms with van der Waals surface area (Å²) in [6.07, 6.45) is 0. The van der Waals surface area contributed by atoms with Crippen molar-refractivity contribution in [3.8, 4) is 5.75 Å². The highest BCUT2D eigenvalue weighted by atomic mass is 35.5. The van der Waals surface area contributed by atoms with Crippen LogP contribution in [0.4, 0.5) is 16.2 Å². The van der Waals surface area contributed by atoms with Gasteiger partial charge in [-0.05, 0) is 56.7 Å². The zero-order chi connectivity index (χ0) is 18.8. The van der Waals surface area contributed by atoms with E-state index in [0.29, 0.717) is 22.1 Å². The van der Waals surface area contributed by atoms with E-state index in [2.05, 4.69) is 21.7 Å². The van der Waals surface area contributed by atoms with Crippen molar-refractivity contribution in [2.45, 2.75) is 20.8 Å². The number of fused-ring (bicyclic) bond motifs is 1. The molecule has 134 valence electrons. The van der Waals surface area contributed by atoms with E-state index < -0.39 is 0 Å². The van der Waals surface area contributed by atoms with Crippen LogP contribution in [0.15, 0.2) is 36.4 Å². The van der Waals surface area contributed by atoms with Crippen molar-refractivity contribution < 1.29 is 9.53 Å². The maximum atomic E-state index is 12.5. The fourth-order valence-corrected chi connectivity index (χ4v) is 3.14. The summed E-state index contributed by atoms with van der Waals surface area (Å²) in [7, 11) is 1.54. The molecular weight excluding hydrogens is 350 g/mol. The maximum absolute atomic E-state index is 12.5. The lowest BCUT2D eigenvalue weighted by molar-refractivity contribution is 0.262. The molecule has 1 heterocycles. The second-order valence-corrected chi connectivity index (χ2v) is 6.65. The van der Waals surface area contributed by atoms with Gasteiger partial charge >= 0.3 is 6.03 Å². The van der Waals surface area contributed by atoms with Gasteiger partial charge in [0.05, 0.1) is 24.0 Å². The topological polar surface area (TPSA) is 63.2 Å². The molecule has 0 aliphatic rings. The quantitative estimate of drug-likeness (QED) is 0.643. The van der Waals surface area contributed by atoms with Gasteiger partial charge in [-0.2, -0.15) is 0 Å². The summed E-state index contributed by atoms with van der Waals surface area (Å²) in [6.45, 7) is 5.94. The highest BCUT2D eigenvalue weighted by molar-refractivity contribution is 6.31. The summed E-state index contributed by atoms with van der Waals surface area (Å²) in [4.78, 5) is 17.1. The average Bonchev–Trinajstić information content (AvgIpc) is 2.56. The van der Waals surface area contributed by atoms with Gasteiger partial charge in [-0.3, -0.25) is 4.98 Å². The number of hydrogen-bond acceptors (Lipinski definition) is 3. The van der Waals surface area contributed by atoms with Crippen LogP contribution in [-0.2, 0) is 0 Å². The highest BCUT2D eigenvalue weighted by Gasteiger charge is 2.12. The van der Waals surface area contributed by atoms with Crippen molar-refractivity contribution in [3.63, 3.8) is 0 Å². The Kier molecular flexibility index (Phi) is 5.00. The smallest absolute Gasteiger partial charge is 0.323 e. The third kappa shape index (κ3) is 3.73. The molecule has 26 heavy (non-hydrogen) atoms. The number of hydrogen-bond donors (Lipinski definition) is 2. The molecule has 2 aromatic carbocycles. The number of anilines is 2. The monoisotopic (exact) mass is 369 g/mol. The molecule has 0 unspecified atom stereocenters. The average molecular weight is 370 g/mol. The predicted molar refractivity (Wildman–Crippen MR) is 107 cm³/mol. The number of methoxy groups -OCH3 is 1. The number of pyridine rings is 1. The van der Waals surface area contributed by atoms with E-state index in [1.807, 2.05) is 32.9 Å². The van der Waals surface area contributed by atoms with Gasteiger partial charge in [-0.15, -0.1) is 0 Å². The molecule has 3 aromatic rings. The minimum atomic E-state index is -0.378. The summed E-state index contributed by atoms with van der Waals surface area (Å²) in [5.74, 6) is 0.534. The van der Waals surface area contributed by atoms with Crippen LogP contribution >= 0.6 is 11.6 Å². The third-order valence-corrected chi connectivity index (χ3v) is 4.27. The predicted octanol–water partition coefficient (Wildman–Crippen LogP) is 5.47. The van der Waals surface area contributed by atoms with E-state index in [4.69, 9.17) is 16.3 Å². The molecule has 0 bridgehead atoms. The summed E-state index contributed by atoms with van der Waals surface area (Å²) < 4.78 is 5.26. The molecule has 2 amide bonds. The molecule has 3 rings (SSSR count). The Hall–Kier alpha value is -2.79. The van der Waals surface area contributed by atoms with Crippen LogP contribution in [0.1, 0.15) is 16.8 Å². The van der Waals surface area contributed by atoms with Crippen LogP contribution in [-0.4, -0.2) is 18.1 Å². The van der Waals surface area contributed by atoms with Gasteiger partial charge in [0, 0.05) is 16.1 Å². The largest absolute Gasteiger partial charge is 0.495 e. The van der Waals surface area contributed by atoms with Crippen molar-refractivity contribution in [1.82, 2.24) is 4.98 Å². The fraction of sp³-hybridized carbons (Fsp3) is 0.200. The standard InChI is InChI=1S/C20H20ClN3O2/c1-11-7-12(2)19-15(8-11)16(9-13(3)22-19)23-20(25)24-17-10-14(21)5-6-18(17)26-4/h5-10H,1-4H3,(H2,22,23,24,25). The lowest BCUT2D eigenvalue weighted by atomic mass is 10.0. The lowest BCUT2D eigenvalue weighted by Crippen LogP contribution is -2.20. The van der Waals surface area contributed by atoms with Crippen molar-refractivity contribution in [3.05, 3.63) is 58.2 Å². The van der Waals surface area contributed by atoms with Gasteiger partial charge in [0.1, 0.15) is 5.75 Å². The lowest BCUT2D eigenvalue weighted by Gasteiger charge is -2.14. The molecule has 0 saturated heterocycles. The Bertz CT molecular complexity index is 1000. The SMILES string of the molecule is COc1ccc(Cl)cc1NC(=O)Nc1cc(C)nc2c(C)cc(C)cc12. The number of benzene rings is 2. The summed E-state index contributed by atoms with van der Waals surface area (Å²) >= 11 is 6.02. The number of carbonyl (C=O) groups is 1. The molecule has 0 fully saturated rings. The van der Waals surface area contributed by atoms with Gasteiger partial charge < -0.3 is 15.4 Å². The number of nitrogens with zero attached hydrogens (tertiary/aromatic N) is 1. The molecule has 0 radical (unpaired) electrons. The first kappa shape index (κ1) is 18.0. The Morgan fingerprint density at radius 1 is 1.04 bits per heavy atom. The summed E-state index contributed by atoms with van der Waals surface area (Å²) in [6, 6.07) is 10.6. The molecular formula is C20H20ClN3O2. The van der Waals surface area contributed by atoms with E-state index in [-0.39, 0.29) is 6.03 Å². The summed E-state index contributed by atoms with van der Waals surface area (Å²) in [5, 5.41) is 7.11. The number of aryl methyl sites for hydroxylation is 3. The van der Waals surface area contributed by atoms with Crippen LogP contribution in [0, 0.1) is 20.8 Å². The van der Waals surface area contributed by atoms with Crippen LogP contribution in [0.25, 0.3) is 10.9 Å². The van der Waals surface area contributed by atoms with Crippen molar-refractivity contribution in [1.29, 1.82) is 0 Å². The Morgan fingerprint density at radius 2 is 1.77 bits per heavy atom. The Morgan fingerprint density at radius 3 is 2.50 bits per heavy atom. The van der Waals surface area contributed by atoms with E-state index in [0.717, 1.165) is 27.7 Å². The molecule has 2 N–H and O–H groups in total. The molecule has 0 spiro atoms. The fourth-order valence-electron chi connectivity index (χ4n) is 2.97. The number of ether oxygens (including phenoxy) is 1. The van der Waals surface area contributed by atoms with Crippen LogP contribution in [0.3, 0.4) is 0 Å². The first-order valence-electron chi connectivity index (χ1n) is 8.17. The molecule has 6 heteroatoms. The van der Waals surface area contributed by atoms with Gasteiger partial charge in [0.2, 0.25) is 0 Å². The van der Waals surface area contributed by atoms with E-state index in [9.17, 15) is 4.79 Å². The zero-order valence-corrected chi connectivity index (χ0v) is 15.9. The molecule has 0 aliphatic carbocycles. The first-order valence-corrected chi connectivity index (χ1v) is 8.55. The van der Waals surface area contributed by atoms with E-state index in [1.165, 1.54) is 7.11 Å². The first-order chi connectivity index (χ1) is 12.4. The normalized spacial score (nSPS) is 10.7. The van der Waals surface area contributed by atoms with E-state index in [1.54, 1.807) is 18.2 Å². The zero-order valence-electron chi connectivity index (χ0n) is 15.1. The number of nitrogens with one attached hydrogen (secondary N) is 2. The second-order valence-electron chi connectivity index (χ2n) is 6.21. The number of carbonyl (C=O) groups excluding carboxylic acids is 1. The molecule has 5 nitrogen and oxygen atoms in total. The van der Waals surface area contributed by atoms with Crippen LogP contribution in [0.2, 0.25) is 5.02 Å². The van der Waals surface area contributed by atoms with Gasteiger partial charge in [0.25, 0.3) is 0 Å². The molecule has 0 atom stereocenters. The van der Waals surface area contributed by atoms with Gasteiger partial charge in [-0.25, -0.2) is 4.79 Å². The number of urea groups is 1. The van der Waals surface area contributed by atoms with Gasteiger partial charge in [-0.1, -0.05) is 23.2 Å². The molecule has 0 aliphatic heterocycles. The van der Waals surface area contributed by atoms with Crippen LogP contribution < -0.4 is 15.4 Å². The molecule has 0 saturated carbocycles. The van der Waals surface area contributed by atoms with Crippen LogP contribution in [0.5, 0.6) is 5.75 Å². The third-order valence-electron chi connectivity index (χ3n) is 4.03. The second kappa shape index (κ2) is 7.22. The number of amides is 2. The number of halogens is 1. The van der Waals surface area contributed by atoms with E-state index >= 15 is 0 Å². The Labute approximate surface area is 157 Å². The number of aromatic nitrogens is 1.